The first kappa shape index (κ1) is 23.5. The maximum absolute atomic E-state index is 13.4. The van der Waals surface area contributed by atoms with E-state index in [1.165, 1.54) is 6.92 Å². The van der Waals surface area contributed by atoms with Crippen molar-refractivity contribution in [3.05, 3.63) is 99.5 Å². The number of anilines is 1. The van der Waals surface area contributed by atoms with Crippen LogP contribution in [0.15, 0.2) is 72.8 Å². The Balaban J connectivity index is 1.46. The topological polar surface area (TPSA) is 53.1 Å². The molecular weight excluding hydrogens is 485 g/mol. The van der Waals surface area contributed by atoms with E-state index in [1.54, 1.807) is 15.9 Å². The lowest BCUT2D eigenvalue weighted by molar-refractivity contribution is -0.128. The summed E-state index contributed by atoms with van der Waals surface area (Å²) in [5.41, 5.74) is 3.22. The zero-order chi connectivity index (χ0) is 24.6. The van der Waals surface area contributed by atoms with E-state index >= 15 is 0 Å². The fourth-order valence-corrected chi connectivity index (χ4v) is 5.31. The van der Waals surface area contributed by atoms with Crippen LogP contribution in [0.25, 0.3) is 0 Å². The van der Waals surface area contributed by atoms with E-state index in [0.29, 0.717) is 29.7 Å². The highest BCUT2D eigenvalue weighted by atomic mass is 35.5. The van der Waals surface area contributed by atoms with Gasteiger partial charge < -0.3 is 14.5 Å². The summed E-state index contributed by atoms with van der Waals surface area (Å²) in [4.78, 5) is 31.4. The number of ether oxygens (including phenoxy) is 1. The number of carbonyl (C=O) groups excluding carboxylic acids is 2. The Labute approximate surface area is 214 Å². The van der Waals surface area contributed by atoms with Gasteiger partial charge in [0.2, 0.25) is 5.91 Å². The number of para-hydroxylation sites is 1. The van der Waals surface area contributed by atoms with Gasteiger partial charge in [0.1, 0.15) is 18.8 Å². The normalized spacial score (nSPS) is 18.8. The molecule has 0 N–H and O–H groups in total. The van der Waals surface area contributed by atoms with E-state index in [-0.39, 0.29) is 19.2 Å². The Hall–Kier alpha value is -3.22. The highest BCUT2D eigenvalue weighted by Gasteiger charge is 2.55. The summed E-state index contributed by atoms with van der Waals surface area (Å²) < 4.78 is 5.72. The summed E-state index contributed by atoms with van der Waals surface area (Å²) in [5, 5.41) is 1.01. The minimum atomic E-state index is -0.716. The first-order valence-corrected chi connectivity index (χ1v) is 12.2. The quantitative estimate of drug-likeness (QED) is 0.454. The number of halogens is 2. The predicted octanol–water partition coefficient (Wildman–Crippen LogP) is 5.67. The van der Waals surface area contributed by atoms with Crippen LogP contribution in [0, 0.1) is 0 Å². The number of fused-ring (bicyclic) bond motifs is 2. The van der Waals surface area contributed by atoms with Gasteiger partial charge in [-0.25, -0.2) is 4.79 Å². The van der Waals surface area contributed by atoms with Crippen molar-refractivity contribution < 1.29 is 14.3 Å². The molecule has 3 aromatic rings. The van der Waals surface area contributed by atoms with Crippen LogP contribution >= 0.6 is 23.2 Å². The molecule has 0 bridgehead atoms. The van der Waals surface area contributed by atoms with Crippen LogP contribution in [0.5, 0.6) is 0 Å². The molecule has 35 heavy (non-hydrogen) atoms. The predicted molar refractivity (Wildman–Crippen MR) is 136 cm³/mol. The van der Waals surface area contributed by atoms with E-state index in [1.807, 2.05) is 66.7 Å². The molecule has 1 fully saturated rings. The third kappa shape index (κ3) is 4.44. The Bertz CT molecular complexity index is 1270. The number of hydrogen-bond acceptors (Lipinski definition) is 4. The molecule has 180 valence electrons. The van der Waals surface area contributed by atoms with E-state index in [0.717, 1.165) is 22.4 Å². The number of amides is 2. The van der Waals surface area contributed by atoms with Gasteiger partial charge in [-0.15, -0.1) is 0 Å². The molecule has 6 nitrogen and oxygen atoms in total. The van der Waals surface area contributed by atoms with Gasteiger partial charge in [0.05, 0.1) is 16.6 Å². The van der Waals surface area contributed by atoms with Crippen molar-refractivity contribution in [2.75, 3.05) is 24.7 Å². The SMILES string of the molecule is CC(=O)N1CN(C(=O)OCc2ccccc2)C2(C1)CN(Cc1ccc(Cl)c(Cl)c1)c1ccccc12. The third-order valence-electron chi connectivity index (χ3n) is 6.71. The Morgan fingerprint density at radius 2 is 1.66 bits per heavy atom. The van der Waals surface area contributed by atoms with Gasteiger partial charge in [0.25, 0.3) is 0 Å². The van der Waals surface area contributed by atoms with Crippen molar-refractivity contribution in [1.29, 1.82) is 0 Å². The molecule has 0 radical (unpaired) electrons. The molecule has 2 heterocycles. The van der Waals surface area contributed by atoms with Crippen LogP contribution < -0.4 is 4.90 Å². The molecule has 1 spiro atoms. The van der Waals surface area contributed by atoms with Crippen LogP contribution in [0.4, 0.5) is 10.5 Å². The summed E-state index contributed by atoms with van der Waals surface area (Å²) in [6.07, 6.45) is -0.441. The number of nitrogens with zero attached hydrogens (tertiary/aromatic N) is 3. The molecule has 1 saturated heterocycles. The highest BCUT2D eigenvalue weighted by Crippen LogP contribution is 2.47. The standard InChI is InChI=1S/C27H25Cl2N3O3/c1-19(33)31-17-27(32(18-31)26(34)35-15-20-7-3-2-4-8-20)16-30(25-10-6-5-9-22(25)27)14-21-11-12-23(28)24(29)13-21/h2-13H,14-18H2,1H3. The minimum absolute atomic E-state index is 0.0804. The average Bonchev–Trinajstić information content (AvgIpc) is 3.40. The van der Waals surface area contributed by atoms with Crippen LogP contribution in [0.2, 0.25) is 10.0 Å². The zero-order valence-corrected chi connectivity index (χ0v) is 20.8. The maximum Gasteiger partial charge on any atom is 0.412 e. The molecule has 0 aromatic heterocycles. The number of benzene rings is 3. The van der Waals surface area contributed by atoms with E-state index in [9.17, 15) is 9.59 Å². The summed E-state index contributed by atoms with van der Waals surface area (Å²) in [6.45, 7) is 3.39. The van der Waals surface area contributed by atoms with Crippen molar-refractivity contribution in [2.45, 2.75) is 25.6 Å². The number of carbonyl (C=O) groups is 2. The zero-order valence-electron chi connectivity index (χ0n) is 19.3. The smallest absolute Gasteiger partial charge is 0.412 e. The van der Waals surface area contributed by atoms with E-state index < -0.39 is 11.6 Å². The first-order chi connectivity index (χ1) is 16.9. The van der Waals surface area contributed by atoms with Crippen molar-refractivity contribution >= 4 is 40.9 Å². The lowest BCUT2D eigenvalue weighted by Crippen LogP contribution is -2.49. The second-order valence-electron chi connectivity index (χ2n) is 8.98. The highest BCUT2D eigenvalue weighted by molar-refractivity contribution is 6.42. The average molecular weight is 510 g/mol. The summed E-state index contributed by atoms with van der Waals surface area (Å²) in [7, 11) is 0. The Morgan fingerprint density at radius 1 is 0.914 bits per heavy atom. The van der Waals surface area contributed by atoms with Gasteiger partial charge in [-0.2, -0.15) is 0 Å². The van der Waals surface area contributed by atoms with Crippen LogP contribution in [0.1, 0.15) is 23.6 Å². The molecule has 1 unspecified atom stereocenters. The first-order valence-electron chi connectivity index (χ1n) is 11.4. The molecule has 3 aromatic carbocycles. The second kappa shape index (κ2) is 9.44. The van der Waals surface area contributed by atoms with Gasteiger partial charge in [-0.3, -0.25) is 9.69 Å². The van der Waals surface area contributed by atoms with Crippen molar-refractivity contribution in [3.63, 3.8) is 0 Å². The molecule has 5 rings (SSSR count). The van der Waals surface area contributed by atoms with Gasteiger partial charge in [-0.05, 0) is 29.3 Å². The van der Waals surface area contributed by atoms with Crippen LogP contribution in [-0.4, -0.2) is 41.6 Å². The van der Waals surface area contributed by atoms with Gasteiger partial charge >= 0.3 is 6.09 Å². The van der Waals surface area contributed by atoms with Crippen molar-refractivity contribution in [2.24, 2.45) is 0 Å². The molecule has 0 saturated carbocycles. The van der Waals surface area contributed by atoms with E-state index in [2.05, 4.69) is 4.90 Å². The summed E-state index contributed by atoms with van der Waals surface area (Å²) in [6, 6.07) is 23.2. The molecule has 8 heteroatoms. The van der Waals surface area contributed by atoms with Crippen LogP contribution in [0.3, 0.4) is 0 Å². The maximum atomic E-state index is 13.4. The van der Waals surface area contributed by atoms with Crippen LogP contribution in [-0.2, 0) is 28.2 Å². The van der Waals surface area contributed by atoms with Crippen molar-refractivity contribution in [3.8, 4) is 0 Å². The summed E-state index contributed by atoms with van der Waals surface area (Å²) in [5.74, 6) is -0.0804. The molecule has 2 aliphatic rings. The fraction of sp³-hybridized carbons (Fsp3) is 0.259. The van der Waals surface area contributed by atoms with E-state index in [4.69, 9.17) is 27.9 Å². The van der Waals surface area contributed by atoms with Gasteiger partial charge in [-0.1, -0.05) is 77.8 Å². The Kier molecular flexibility index (Phi) is 6.34. The largest absolute Gasteiger partial charge is 0.444 e. The lowest BCUT2D eigenvalue weighted by Gasteiger charge is -2.33. The second-order valence-corrected chi connectivity index (χ2v) is 9.79. The minimum Gasteiger partial charge on any atom is -0.444 e. The molecular formula is C27H25Cl2N3O3. The summed E-state index contributed by atoms with van der Waals surface area (Å²) >= 11 is 12.4. The monoisotopic (exact) mass is 509 g/mol. The molecule has 1 atom stereocenters. The molecule has 2 aliphatic heterocycles. The van der Waals surface area contributed by atoms with Crippen molar-refractivity contribution in [1.82, 2.24) is 9.80 Å². The Morgan fingerprint density at radius 3 is 2.40 bits per heavy atom. The fourth-order valence-electron chi connectivity index (χ4n) is 4.99. The van der Waals surface area contributed by atoms with Gasteiger partial charge in [0, 0.05) is 31.3 Å². The third-order valence-corrected chi connectivity index (χ3v) is 7.45. The molecule has 0 aliphatic carbocycles. The number of rotatable bonds is 4. The molecule has 2 amide bonds. The lowest BCUT2D eigenvalue weighted by atomic mass is 9.91. The van der Waals surface area contributed by atoms with Gasteiger partial charge in [0.15, 0.2) is 0 Å². The number of hydrogen-bond donors (Lipinski definition) is 0.